The summed E-state index contributed by atoms with van der Waals surface area (Å²) in [6.07, 6.45) is 6.84. The molecular formula is C15H26O. The molecule has 4 atom stereocenters. The molecule has 0 aliphatic heterocycles. The highest BCUT2D eigenvalue weighted by Crippen LogP contribution is 2.50. The van der Waals surface area contributed by atoms with Gasteiger partial charge in [0.1, 0.15) is 0 Å². The molecule has 0 heterocycles. The summed E-state index contributed by atoms with van der Waals surface area (Å²) in [6, 6.07) is 0. The summed E-state index contributed by atoms with van der Waals surface area (Å²) in [5, 5.41) is 10.5. The zero-order valence-corrected chi connectivity index (χ0v) is 11.2. The maximum absolute atomic E-state index is 10.5. The van der Waals surface area contributed by atoms with Crippen molar-refractivity contribution in [3.8, 4) is 0 Å². The van der Waals surface area contributed by atoms with E-state index in [1.165, 1.54) is 18.4 Å². The van der Waals surface area contributed by atoms with Crippen LogP contribution >= 0.6 is 0 Å². The molecule has 1 saturated carbocycles. The third-order valence-electron chi connectivity index (χ3n) is 4.98. The summed E-state index contributed by atoms with van der Waals surface area (Å²) in [5.41, 5.74) is 1.11. The van der Waals surface area contributed by atoms with Gasteiger partial charge >= 0.3 is 0 Å². The van der Waals surface area contributed by atoms with Gasteiger partial charge in [0.15, 0.2) is 0 Å². The molecule has 16 heavy (non-hydrogen) atoms. The Morgan fingerprint density at radius 2 is 2.12 bits per heavy atom. The van der Waals surface area contributed by atoms with Crippen molar-refractivity contribution in [2.45, 2.75) is 59.0 Å². The van der Waals surface area contributed by atoms with E-state index in [9.17, 15) is 5.11 Å². The predicted molar refractivity (Wildman–Crippen MR) is 68.2 cm³/mol. The summed E-state index contributed by atoms with van der Waals surface area (Å²) in [6.45, 7) is 8.98. The summed E-state index contributed by atoms with van der Waals surface area (Å²) in [4.78, 5) is 0. The highest BCUT2D eigenvalue weighted by Gasteiger charge is 2.46. The summed E-state index contributed by atoms with van der Waals surface area (Å²) in [5.74, 6) is 2.79. The number of rotatable bonds is 1. The highest BCUT2D eigenvalue weighted by atomic mass is 16.3. The molecule has 1 fully saturated rings. The zero-order valence-electron chi connectivity index (χ0n) is 11.2. The van der Waals surface area contributed by atoms with Crippen LogP contribution in [0.4, 0.5) is 0 Å². The minimum Gasteiger partial charge on any atom is -0.390 e. The Balaban J connectivity index is 2.24. The van der Waals surface area contributed by atoms with E-state index in [2.05, 4.69) is 33.8 Å². The van der Waals surface area contributed by atoms with Crippen molar-refractivity contribution in [3.63, 3.8) is 0 Å². The molecule has 0 bridgehead atoms. The van der Waals surface area contributed by atoms with Crippen LogP contribution in [-0.4, -0.2) is 10.7 Å². The van der Waals surface area contributed by atoms with Crippen molar-refractivity contribution >= 4 is 0 Å². The number of allylic oxidation sites excluding steroid dienone is 2. The Morgan fingerprint density at radius 3 is 2.75 bits per heavy atom. The first-order chi connectivity index (χ1) is 7.42. The van der Waals surface area contributed by atoms with Gasteiger partial charge in [0.25, 0.3) is 0 Å². The normalized spacial score (nSPS) is 44.1. The lowest BCUT2D eigenvalue weighted by Crippen LogP contribution is -2.48. The molecule has 0 aromatic carbocycles. The van der Waals surface area contributed by atoms with Gasteiger partial charge in [0, 0.05) is 0 Å². The number of aliphatic hydroxyl groups is 1. The molecule has 2 rings (SSSR count). The first kappa shape index (κ1) is 12.2. The first-order valence-corrected chi connectivity index (χ1v) is 6.80. The van der Waals surface area contributed by atoms with Crippen LogP contribution in [0.25, 0.3) is 0 Å². The number of hydrogen-bond donors (Lipinski definition) is 1. The molecule has 0 aromatic rings. The van der Waals surface area contributed by atoms with Gasteiger partial charge in [-0.2, -0.15) is 0 Å². The Labute approximate surface area is 99.9 Å². The predicted octanol–water partition coefficient (Wildman–Crippen LogP) is 3.78. The van der Waals surface area contributed by atoms with E-state index in [1.807, 2.05) is 0 Å². The van der Waals surface area contributed by atoms with Gasteiger partial charge in [-0.3, -0.25) is 0 Å². The quantitative estimate of drug-likeness (QED) is 0.669. The van der Waals surface area contributed by atoms with Crippen molar-refractivity contribution in [2.75, 3.05) is 0 Å². The van der Waals surface area contributed by atoms with E-state index < -0.39 is 5.60 Å². The Bertz CT molecular complexity index is 288. The van der Waals surface area contributed by atoms with Crippen LogP contribution in [0.5, 0.6) is 0 Å². The van der Waals surface area contributed by atoms with E-state index in [0.717, 1.165) is 24.7 Å². The Kier molecular flexibility index (Phi) is 3.18. The molecule has 2 aliphatic rings. The average Bonchev–Trinajstić information content (AvgIpc) is 2.16. The lowest BCUT2D eigenvalue weighted by atomic mass is 9.58. The minimum atomic E-state index is -0.423. The minimum absolute atomic E-state index is 0.423. The molecule has 0 amide bonds. The van der Waals surface area contributed by atoms with Gasteiger partial charge in [-0.1, -0.05) is 25.5 Å². The van der Waals surface area contributed by atoms with Crippen molar-refractivity contribution in [3.05, 3.63) is 11.6 Å². The van der Waals surface area contributed by atoms with Crippen molar-refractivity contribution in [2.24, 2.45) is 23.7 Å². The summed E-state index contributed by atoms with van der Waals surface area (Å²) >= 11 is 0. The fourth-order valence-corrected chi connectivity index (χ4v) is 3.95. The van der Waals surface area contributed by atoms with Crippen molar-refractivity contribution < 1.29 is 5.11 Å². The molecule has 0 saturated heterocycles. The van der Waals surface area contributed by atoms with Gasteiger partial charge in [0.2, 0.25) is 0 Å². The van der Waals surface area contributed by atoms with Crippen LogP contribution in [0.3, 0.4) is 0 Å². The summed E-state index contributed by atoms with van der Waals surface area (Å²) < 4.78 is 0. The molecule has 1 nitrogen and oxygen atoms in total. The van der Waals surface area contributed by atoms with Gasteiger partial charge < -0.3 is 5.11 Å². The lowest BCUT2D eigenvalue weighted by molar-refractivity contribution is -0.0890. The van der Waals surface area contributed by atoms with Crippen LogP contribution in [0, 0.1) is 23.7 Å². The third kappa shape index (κ3) is 2.07. The molecule has 0 radical (unpaired) electrons. The Hall–Kier alpha value is -0.300. The van der Waals surface area contributed by atoms with E-state index in [1.54, 1.807) is 0 Å². The second-order valence-corrected chi connectivity index (χ2v) is 6.56. The number of fused-ring (bicyclic) bond motifs is 1. The smallest absolute Gasteiger partial charge is 0.0653 e. The fraction of sp³-hybridized carbons (Fsp3) is 0.867. The van der Waals surface area contributed by atoms with Gasteiger partial charge in [-0.05, 0) is 63.2 Å². The Morgan fingerprint density at radius 1 is 1.44 bits per heavy atom. The average molecular weight is 222 g/mol. The topological polar surface area (TPSA) is 20.2 Å². The molecule has 0 unspecified atom stereocenters. The summed E-state index contributed by atoms with van der Waals surface area (Å²) in [7, 11) is 0. The second kappa shape index (κ2) is 4.18. The van der Waals surface area contributed by atoms with E-state index in [0.29, 0.717) is 11.8 Å². The monoisotopic (exact) mass is 222 g/mol. The maximum Gasteiger partial charge on any atom is 0.0653 e. The number of hydrogen-bond acceptors (Lipinski definition) is 1. The lowest BCUT2D eigenvalue weighted by Gasteiger charge is -2.50. The standard InChI is InChI=1S/C15H26O/c1-10(2)12-7-8-15(4,16)14-6-5-11(3)9-13(12)14/h5,10,12-14,16H,6-9H2,1-4H3/t12-,13-,14+,15-/m0/s1. The van der Waals surface area contributed by atoms with Crippen molar-refractivity contribution in [1.82, 2.24) is 0 Å². The van der Waals surface area contributed by atoms with Crippen LogP contribution in [0.2, 0.25) is 0 Å². The van der Waals surface area contributed by atoms with Gasteiger partial charge in [-0.15, -0.1) is 0 Å². The fourth-order valence-electron chi connectivity index (χ4n) is 3.95. The molecular weight excluding hydrogens is 196 g/mol. The molecule has 2 aliphatic carbocycles. The first-order valence-electron chi connectivity index (χ1n) is 6.80. The van der Waals surface area contributed by atoms with E-state index in [4.69, 9.17) is 0 Å². The largest absolute Gasteiger partial charge is 0.390 e. The van der Waals surface area contributed by atoms with Gasteiger partial charge in [0.05, 0.1) is 5.60 Å². The second-order valence-electron chi connectivity index (χ2n) is 6.56. The van der Waals surface area contributed by atoms with Crippen molar-refractivity contribution in [1.29, 1.82) is 0 Å². The SMILES string of the molecule is CC1=CC[C@@H]2[C@@H](C1)[C@H](C(C)C)CC[C@]2(C)O. The van der Waals surface area contributed by atoms with Crippen LogP contribution in [-0.2, 0) is 0 Å². The van der Waals surface area contributed by atoms with Gasteiger partial charge in [-0.25, -0.2) is 0 Å². The van der Waals surface area contributed by atoms with Crippen LogP contribution < -0.4 is 0 Å². The molecule has 1 N–H and O–H groups in total. The highest BCUT2D eigenvalue weighted by molar-refractivity contribution is 5.11. The van der Waals surface area contributed by atoms with E-state index >= 15 is 0 Å². The maximum atomic E-state index is 10.5. The molecule has 1 heteroatoms. The zero-order chi connectivity index (χ0) is 11.9. The molecule has 92 valence electrons. The van der Waals surface area contributed by atoms with E-state index in [-0.39, 0.29) is 0 Å². The third-order valence-corrected chi connectivity index (χ3v) is 4.98. The van der Waals surface area contributed by atoms with Crippen LogP contribution in [0.1, 0.15) is 53.4 Å². The van der Waals surface area contributed by atoms with Crippen LogP contribution in [0.15, 0.2) is 11.6 Å². The molecule has 0 spiro atoms. The molecule has 0 aromatic heterocycles.